The minimum absolute atomic E-state index is 0.137. The van der Waals surface area contributed by atoms with Gasteiger partial charge in [-0.1, -0.05) is 29.3 Å². The van der Waals surface area contributed by atoms with Crippen LogP contribution in [0.3, 0.4) is 0 Å². The zero-order chi connectivity index (χ0) is 15.4. The lowest BCUT2D eigenvalue weighted by atomic mass is 10.0. The number of aromatic nitrogens is 4. The zero-order valence-corrected chi connectivity index (χ0v) is 11.6. The molecule has 0 bridgehead atoms. The molecule has 1 heterocycles. The number of carboxylic acid groups (broad SMARTS) is 1. The number of rotatable bonds is 5. The van der Waals surface area contributed by atoms with Crippen LogP contribution in [-0.2, 0) is 16.1 Å². The lowest BCUT2D eigenvalue weighted by Crippen LogP contribution is -2.36. The molecule has 1 aromatic heterocycles. The predicted molar refractivity (Wildman–Crippen MR) is 72.3 cm³/mol. The second-order valence-corrected chi connectivity index (χ2v) is 4.77. The first-order valence-corrected chi connectivity index (χ1v) is 6.27. The summed E-state index contributed by atoms with van der Waals surface area (Å²) in [4.78, 5) is 23.3. The number of nitrogens with zero attached hydrogens (tertiary/aromatic N) is 4. The number of hydrogen-bond acceptors (Lipinski definition) is 5. The van der Waals surface area contributed by atoms with Crippen molar-refractivity contribution in [3.05, 3.63) is 41.2 Å². The highest BCUT2D eigenvalue weighted by Gasteiger charge is 2.22. The topological polar surface area (TPSA) is 110 Å². The summed E-state index contributed by atoms with van der Waals surface area (Å²) in [6, 6.07) is 4.31. The van der Waals surface area contributed by atoms with E-state index in [0.717, 1.165) is 11.1 Å². The zero-order valence-electron chi connectivity index (χ0n) is 11.6. The molecule has 0 aliphatic rings. The molecule has 0 aliphatic heterocycles. The first-order chi connectivity index (χ1) is 9.95. The Balaban J connectivity index is 2.15. The number of aryl methyl sites for hydroxylation is 2. The number of nitrogens with one attached hydrogen (secondary N) is 1. The Labute approximate surface area is 120 Å². The lowest BCUT2D eigenvalue weighted by molar-refractivity contribution is -0.142. The minimum Gasteiger partial charge on any atom is -0.479 e. The lowest BCUT2D eigenvalue weighted by Gasteiger charge is -2.16. The van der Waals surface area contributed by atoms with E-state index in [0.29, 0.717) is 5.56 Å². The van der Waals surface area contributed by atoms with Gasteiger partial charge in [0.05, 0.1) is 0 Å². The van der Waals surface area contributed by atoms with Crippen LogP contribution in [0.15, 0.2) is 24.5 Å². The van der Waals surface area contributed by atoms with Gasteiger partial charge in [-0.15, -0.1) is 5.10 Å². The van der Waals surface area contributed by atoms with Gasteiger partial charge < -0.3 is 10.4 Å². The first kappa shape index (κ1) is 14.6. The summed E-state index contributed by atoms with van der Waals surface area (Å²) in [6.45, 7) is 3.61. The van der Waals surface area contributed by atoms with E-state index in [-0.39, 0.29) is 6.54 Å². The van der Waals surface area contributed by atoms with Crippen molar-refractivity contribution in [3.63, 3.8) is 0 Å². The van der Waals surface area contributed by atoms with Crippen LogP contribution in [0, 0.1) is 13.8 Å². The van der Waals surface area contributed by atoms with Gasteiger partial charge in [0.15, 0.2) is 6.04 Å². The molecule has 110 valence electrons. The van der Waals surface area contributed by atoms with E-state index in [9.17, 15) is 14.7 Å². The molecule has 0 spiro atoms. The van der Waals surface area contributed by atoms with Crippen LogP contribution in [0.2, 0.25) is 0 Å². The van der Waals surface area contributed by atoms with Crippen molar-refractivity contribution in [2.24, 2.45) is 0 Å². The first-order valence-electron chi connectivity index (χ1n) is 6.27. The van der Waals surface area contributed by atoms with Crippen LogP contribution in [0.5, 0.6) is 0 Å². The maximum absolute atomic E-state index is 11.9. The molecule has 2 N–H and O–H groups in total. The molecule has 0 saturated heterocycles. The molecule has 0 fully saturated rings. The smallest absolute Gasteiger partial charge is 0.330 e. The molecule has 1 aromatic carbocycles. The van der Waals surface area contributed by atoms with Crippen LogP contribution in [0.4, 0.5) is 0 Å². The van der Waals surface area contributed by atoms with Gasteiger partial charge >= 0.3 is 5.97 Å². The average Bonchev–Trinajstić information content (AvgIpc) is 2.87. The van der Waals surface area contributed by atoms with Gasteiger partial charge in [0.2, 0.25) is 5.91 Å². The molecule has 8 heteroatoms. The Morgan fingerprint density at radius 1 is 1.29 bits per heavy atom. The SMILES string of the molecule is Cc1cc(C)cc(C(NC(=O)Cn2cnnn2)C(=O)O)c1. The molecule has 8 nitrogen and oxygen atoms in total. The average molecular weight is 289 g/mol. The molecule has 0 saturated carbocycles. The van der Waals surface area contributed by atoms with Gasteiger partial charge in [-0.3, -0.25) is 4.79 Å². The fraction of sp³-hybridized carbons (Fsp3) is 0.308. The van der Waals surface area contributed by atoms with E-state index in [2.05, 4.69) is 20.8 Å². The van der Waals surface area contributed by atoms with Crippen LogP contribution < -0.4 is 5.32 Å². The quantitative estimate of drug-likeness (QED) is 0.815. The summed E-state index contributed by atoms with van der Waals surface area (Å²) < 4.78 is 1.22. The summed E-state index contributed by atoms with van der Waals surface area (Å²) >= 11 is 0. The van der Waals surface area contributed by atoms with Gasteiger partial charge in [0.1, 0.15) is 12.9 Å². The van der Waals surface area contributed by atoms with Crippen molar-refractivity contribution >= 4 is 11.9 Å². The maximum atomic E-state index is 11.9. The molecular weight excluding hydrogens is 274 g/mol. The van der Waals surface area contributed by atoms with E-state index in [1.807, 2.05) is 19.9 Å². The van der Waals surface area contributed by atoms with Gasteiger partial charge in [-0.2, -0.15) is 0 Å². The van der Waals surface area contributed by atoms with E-state index in [1.54, 1.807) is 12.1 Å². The van der Waals surface area contributed by atoms with Gasteiger partial charge in [-0.25, -0.2) is 9.48 Å². The van der Waals surface area contributed by atoms with E-state index >= 15 is 0 Å². The number of aliphatic carboxylic acids is 1. The molecule has 1 unspecified atom stereocenters. The van der Waals surface area contributed by atoms with Crippen molar-refractivity contribution in [2.45, 2.75) is 26.4 Å². The Hall–Kier alpha value is -2.77. The molecular formula is C13H15N5O3. The van der Waals surface area contributed by atoms with E-state index in [4.69, 9.17) is 0 Å². The highest BCUT2D eigenvalue weighted by Crippen LogP contribution is 2.17. The van der Waals surface area contributed by atoms with Crippen molar-refractivity contribution in [1.29, 1.82) is 0 Å². The second-order valence-electron chi connectivity index (χ2n) is 4.77. The van der Waals surface area contributed by atoms with Crippen LogP contribution in [0.1, 0.15) is 22.7 Å². The summed E-state index contributed by atoms with van der Waals surface area (Å²) in [5.74, 6) is -1.60. The number of hydrogen-bond donors (Lipinski definition) is 2. The highest BCUT2D eigenvalue weighted by atomic mass is 16.4. The number of carbonyl (C=O) groups is 2. The number of amides is 1. The monoisotopic (exact) mass is 289 g/mol. The van der Waals surface area contributed by atoms with Crippen LogP contribution in [-0.4, -0.2) is 37.2 Å². The molecule has 1 amide bonds. The Morgan fingerprint density at radius 3 is 2.48 bits per heavy atom. The highest BCUT2D eigenvalue weighted by molar-refractivity contribution is 5.84. The fourth-order valence-electron chi connectivity index (χ4n) is 2.07. The number of benzene rings is 1. The number of carbonyl (C=O) groups excluding carboxylic acids is 1. The van der Waals surface area contributed by atoms with Crippen LogP contribution >= 0.6 is 0 Å². The molecule has 0 radical (unpaired) electrons. The summed E-state index contributed by atoms with van der Waals surface area (Å²) in [7, 11) is 0. The third-order valence-corrected chi connectivity index (χ3v) is 2.83. The largest absolute Gasteiger partial charge is 0.479 e. The molecule has 2 rings (SSSR count). The van der Waals surface area contributed by atoms with Gasteiger partial charge in [-0.05, 0) is 29.8 Å². The van der Waals surface area contributed by atoms with Crippen molar-refractivity contribution in [3.8, 4) is 0 Å². The number of tetrazole rings is 1. The van der Waals surface area contributed by atoms with Crippen molar-refractivity contribution in [2.75, 3.05) is 0 Å². The standard InChI is InChI=1S/C13H15N5O3/c1-8-3-9(2)5-10(4-8)12(13(20)21)15-11(19)6-18-7-14-16-17-18/h3-5,7,12H,6H2,1-2H3,(H,15,19)(H,20,21). The predicted octanol–water partition coefficient (Wildman–Crippen LogP) is 0.232. The van der Waals surface area contributed by atoms with Crippen molar-refractivity contribution < 1.29 is 14.7 Å². The summed E-state index contributed by atoms with van der Waals surface area (Å²) in [5, 5.41) is 22.2. The van der Waals surface area contributed by atoms with Crippen LogP contribution in [0.25, 0.3) is 0 Å². The molecule has 2 aromatic rings. The minimum atomic E-state index is -1.12. The van der Waals surface area contributed by atoms with Crippen molar-refractivity contribution in [1.82, 2.24) is 25.5 Å². The third kappa shape index (κ3) is 3.85. The molecule has 21 heavy (non-hydrogen) atoms. The van der Waals surface area contributed by atoms with Gasteiger partial charge in [0, 0.05) is 0 Å². The van der Waals surface area contributed by atoms with E-state index in [1.165, 1.54) is 11.0 Å². The molecule has 1 atom stereocenters. The van der Waals surface area contributed by atoms with Gasteiger partial charge in [0.25, 0.3) is 0 Å². The second kappa shape index (κ2) is 6.12. The summed E-state index contributed by atoms with van der Waals surface area (Å²) in [6.07, 6.45) is 1.28. The number of carboxylic acids is 1. The third-order valence-electron chi connectivity index (χ3n) is 2.83. The molecule has 0 aliphatic carbocycles. The Kier molecular flexibility index (Phi) is 4.27. The maximum Gasteiger partial charge on any atom is 0.330 e. The fourth-order valence-corrected chi connectivity index (χ4v) is 2.07. The normalized spacial score (nSPS) is 11.9. The Bertz CT molecular complexity index is 634. The Morgan fingerprint density at radius 2 is 1.95 bits per heavy atom. The van der Waals surface area contributed by atoms with E-state index < -0.39 is 17.9 Å². The summed E-state index contributed by atoms with van der Waals surface area (Å²) in [5.41, 5.74) is 2.40.